The number of anilines is 1. The van der Waals surface area contributed by atoms with Crippen LogP contribution in [0.5, 0.6) is 0 Å². The average molecular weight is 324 g/mol. The summed E-state index contributed by atoms with van der Waals surface area (Å²) in [5.74, 6) is 0. The lowest BCUT2D eigenvalue weighted by atomic mass is 9.82. The lowest BCUT2D eigenvalue weighted by molar-refractivity contribution is 0.127. The summed E-state index contributed by atoms with van der Waals surface area (Å²) in [5, 5.41) is 3.72. The maximum absolute atomic E-state index is 6.12. The molecular weight excluding hydrogens is 302 g/mol. The van der Waals surface area contributed by atoms with Crippen molar-refractivity contribution in [1.29, 1.82) is 0 Å². The molecule has 2 saturated heterocycles. The highest BCUT2D eigenvalue weighted by Gasteiger charge is 2.46. The van der Waals surface area contributed by atoms with Gasteiger partial charge in [-0.3, -0.25) is 0 Å². The summed E-state index contributed by atoms with van der Waals surface area (Å²) < 4.78 is 1.11. The van der Waals surface area contributed by atoms with Crippen molar-refractivity contribution in [3.05, 3.63) is 28.7 Å². The van der Waals surface area contributed by atoms with Crippen LogP contribution in [0.15, 0.2) is 28.7 Å². The van der Waals surface area contributed by atoms with Crippen LogP contribution in [0.25, 0.3) is 0 Å². The van der Waals surface area contributed by atoms with Crippen LogP contribution in [0.2, 0.25) is 0 Å². The summed E-state index contributed by atoms with van der Waals surface area (Å²) in [4.78, 5) is 2.55. The van der Waals surface area contributed by atoms with Crippen LogP contribution in [0, 0.1) is 0 Å². The zero-order valence-corrected chi connectivity index (χ0v) is 13.0. The van der Waals surface area contributed by atoms with E-state index in [0.29, 0.717) is 18.6 Å². The Labute approximate surface area is 123 Å². The van der Waals surface area contributed by atoms with Gasteiger partial charge in [0.2, 0.25) is 0 Å². The van der Waals surface area contributed by atoms with E-state index in [1.807, 2.05) is 0 Å². The molecule has 2 unspecified atom stereocenters. The molecule has 3 N–H and O–H groups in total. The van der Waals surface area contributed by atoms with Gasteiger partial charge in [0.15, 0.2) is 0 Å². The molecule has 0 radical (unpaired) electrons. The van der Waals surface area contributed by atoms with Crippen LogP contribution >= 0.6 is 15.9 Å². The first-order chi connectivity index (χ1) is 9.12. The second kappa shape index (κ2) is 5.08. The first-order valence-corrected chi connectivity index (χ1v) is 7.87. The molecule has 2 heterocycles. The normalized spacial score (nSPS) is 34.5. The number of hydrogen-bond acceptors (Lipinski definition) is 3. The third kappa shape index (κ3) is 2.54. The highest BCUT2D eigenvalue weighted by molar-refractivity contribution is 9.10. The third-order valence-electron chi connectivity index (χ3n) is 4.88. The number of nitrogens with one attached hydrogen (secondary N) is 1. The number of halogens is 1. The molecule has 2 atom stereocenters. The van der Waals surface area contributed by atoms with Crippen LogP contribution < -0.4 is 11.1 Å². The van der Waals surface area contributed by atoms with Gasteiger partial charge in [0.1, 0.15) is 0 Å². The molecule has 1 aromatic rings. The summed E-state index contributed by atoms with van der Waals surface area (Å²) >= 11 is 3.48. The van der Waals surface area contributed by atoms with Gasteiger partial charge in [-0.15, -0.1) is 0 Å². The Bertz CT molecular complexity index is 431. The molecule has 19 heavy (non-hydrogen) atoms. The molecule has 0 saturated carbocycles. The van der Waals surface area contributed by atoms with Crippen LogP contribution in [0.1, 0.15) is 25.7 Å². The first-order valence-electron chi connectivity index (χ1n) is 7.08. The lowest BCUT2D eigenvalue weighted by Gasteiger charge is -2.45. The van der Waals surface area contributed by atoms with Crippen LogP contribution in [-0.4, -0.2) is 36.1 Å². The summed E-state index contributed by atoms with van der Waals surface area (Å²) in [7, 11) is 2.27. The number of nitrogens with two attached hydrogens (primary N) is 1. The summed E-state index contributed by atoms with van der Waals surface area (Å²) in [6.45, 7) is 0.712. The Balaban J connectivity index is 1.79. The summed E-state index contributed by atoms with van der Waals surface area (Å²) in [6, 6.07) is 9.81. The Morgan fingerprint density at radius 3 is 2.37 bits per heavy atom. The summed E-state index contributed by atoms with van der Waals surface area (Å²) in [6.07, 6.45) is 4.97. The Hall–Kier alpha value is -0.580. The van der Waals surface area contributed by atoms with E-state index in [1.165, 1.54) is 18.5 Å². The lowest BCUT2D eigenvalue weighted by Crippen LogP contribution is -2.57. The van der Waals surface area contributed by atoms with E-state index >= 15 is 0 Å². The molecule has 3 nitrogen and oxygen atoms in total. The number of piperidine rings is 1. The molecule has 1 aromatic carbocycles. The fourth-order valence-electron chi connectivity index (χ4n) is 3.73. The van der Waals surface area contributed by atoms with Crippen molar-refractivity contribution in [2.45, 2.75) is 43.3 Å². The Kier molecular flexibility index (Phi) is 3.58. The van der Waals surface area contributed by atoms with Gasteiger partial charge in [-0.05, 0) is 57.0 Å². The fraction of sp³-hybridized carbons (Fsp3) is 0.600. The standard InChI is InChI=1S/C15H22BrN3/c1-19-13-6-7-14(19)9-15(8-13,10-17)18-12-4-2-11(16)3-5-12/h2-5,13-14,18H,6-10,17H2,1H3. The summed E-state index contributed by atoms with van der Waals surface area (Å²) in [5.41, 5.74) is 7.38. The maximum atomic E-state index is 6.12. The molecule has 0 aromatic heterocycles. The van der Waals surface area contributed by atoms with Crippen molar-refractivity contribution in [2.75, 3.05) is 18.9 Å². The van der Waals surface area contributed by atoms with E-state index in [0.717, 1.165) is 17.3 Å². The molecule has 2 aliphatic rings. The van der Waals surface area contributed by atoms with Gasteiger partial charge >= 0.3 is 0 Å². The zero-order valence-electron chi connectivity index (χ0n) is 11.4. The molecule has 4 heteroatoms. The molecular formula is C15H22BrN3. The van der Waals surface area contributed by atoms with Gasteiger partial charge in [0.25, 0.3) is 0 Å². The van der Waals surface area contributed by atoms with Crippen LogP contribution in [0.3, 0.4) is 0 Å². The minimum absolute atomic E-state index is 0.0756. The van der Waals surface area contributed by atoms with Crippen molar-refractivity contribution in [2.24, 2.45) is 5.73 Å². The Morgan fingerprint density at radius 1 is 1.26 bits per heavy atom. The van der Waals surface area contributed by atoms with E-state index in [1.54, 1.807) is 0 Å². The number of rotatable bonds is 3. The maximum Gasteiger partial charge on any atom is 0.0525 e. The predicted molar refractivity (Wildman–Crippen MR) is 83.4 cm³/mol. The number of benzene rings is 1. The molecule has 3 rings (SSSR count). The van der Waals surface area contributed by atoms with E-state index in [9.17, 15) is 0 Å². The minimum Gasteiger partial charge on any atom is -0.378 e. The van der Waals surface area contributed by atoms with E-state index in [-0.39, 0.29) is 5.54 Å². The minimum atomic E-state index is 0.0756. The third-order valence-corrected chi connectivity index (χ3v) is 5.41. The van der Waals surface area contributed by atoms with E-state index in [4.69, 9.17) is 5.73 Å². The van der Waals surface area contributed by atoms with Gasteiger partial charge in [-0.1, -0.05) is 15.9 Å². The molecule has 2 fully saturated rings. The van der Waals surface area contributed by atoms with Gasteiger partial charge in [0.05, 0.1) is 5.54 Å². The predicted octanol–water partition coefficient (Wildman–Crippen LogP) is 2.82. The van der Waals surface area contributed by atoms with Gasteiger partial charge in [0, 0.05) is 28.8 Å². The second-order valence-corrected chi connectivity index (χ2v) is 6.99. The van der Waals surface area contributed by atoms with Crippen molar-refractivity contribution < 1.29 is 0 Å². The molecule has 0 aliphatic carbocycles. The highest BCUT2D eigenvalue weighted by atomic mass is 79.9. The quantitative estimate of drug-likeness (QED) is 0.898. The monoisotopic (exact) mass is 323 g/mol. The molecule has 104 valence electrons. The van der Waals surface area contributed by atoms with Crippen molar-refractivity contribution >= 4 is 21.6 Å². The zero-order chi connectivity index (χ0) is 13.5. The number of fused-ring (bicyclic) bond motifs is 2. The Morgan fingerprint density at radius 2 is 1.84 bits per heavy atom. The number of hydrogen-bond donors (Lipinski definition) is 2. The van der Waals surface area contributed by atoms with Crippen LogP contribution in [0.4, 0.5) is 5.69 Å². The molecule has 0 amide bonds. The SMILES string of the molecule is CN1C2CCC1CC(CN)(Nc1ccc(Br)cc1)C2. The highest BCUT2D eigenvalue weighted by Crippen LogP contribution is 2.41. The second-order valence-electron chi connectivity index (χ2n) is 6.08. The molecule has 2 aliphatic heterocycles. The smallest absolute Gasteiger partial charge is 0.0525 e. The van der Waals surface area contributed by atoms with E-state index < -0.39 is 0 Å². The van der Waals surface area contributed by atoms with Crippen molar-refractivity contribution in [1.82, 2.24) is 4.90 Å². The largest absolute Gasteiger partial charge is 0.378 e. The average Bonchev–Trinajstić information content (AvgIpc) is 2.65. The van der Waals surface area contributed by atoms with Gasteiger partial charge in [-0.25, -0.2) is 0 Å². The van der Waals surface area contributed by atoms with Gasteiger partial charge in [-0.2, -0.15) is 0 Å². The number of nitrogens with zero attached hydrogens (tertiary/aromatic N) is 1. The van der Waals surface area contributed by atoms with Crippen molar-refractivity contribution in [3.8, 4) is 0 Å². The topological polar surface area (TPSA) is 41.3 Å². The first kappa shape index (κ1) is 13.4. The molecule has 0 spiro atoms. The van der Waals surface area contributed by atoms with Crippen molar-refractivity contribution in [3.63, 3.8) is 0 Å². The fourth-order valence-corrected chi connectivity index (χ4v) is 3.99. The molecule has 2 bridgehead atoms. The van der Waals surface area contributed by atoms with E-state index in [2.05, 4.69) is 57.5 Å². The van der Waals surface area contributed by atoms with Gasteiger partial charge < -0.3 is 16.0 Å². The van der Waals surface area contributed by atoms with Crippen LogP contribution in [-0.2, 0) is 0 Å².